The lowest BCUT2D eigenvalue weighted by atomic mass is 10.0. The third kappa shape index (κ3) is 14.7. The lowest BCUT2D eigenvalue weighted by Crippen LogP contribution is -1.94. The van der Waals surface area contributed by atoms with E-state index in [0.29, 0.717) is 0 Å². The summed E-state index contributed by atoms with van der Waals surface area (Å²) in [6.07, 6.45) is 18.8. The van der Waals surface area contributed by atoms with Crippen molar-refractivity contribution in [1.82, 2.24) is 0 Å². The van der Waals surface area contributed by atoms with Crippen LogP contribution in [0, 0.1) is 0 Å². The van der Waals surface area contributed by atoms with E-state index in [-0.39, 0.29) is 0 Å². The van der Waals surface area contributed by atoms with E-state index in [1.807, 2.05) is 0 Å². The molecule has 0 N–H and O–H groups in total. The van der Waals surface area contributed by atoms with E-state index in [0.717, 1.165) is 3.92 Å². The van der Waals surface area contributed by atoms with Crippen LogP contribution < -0.4 is 0 Å². The summed E-state index contributed by atoms with van der Waals surface area (Å²) in [5.74, 6) is 0. The third-order valence-corrected chi connectivity index (χ3v) is 5.07. The predicted molar refractivity (Wildman–Crippen MR) is 89.2 cm³/mol. The van der Waals surface area contributed by atoms with Gasteiger partial charge in [0, 0.05) is 3.92 Å². The van der Waals surface area contributed by atoms with E-state index >= 15 is 0 Å². The van der Waals surface area contributed by atoms with Crippen molar-refractivity contribution in [3.8, 4) is 0 Å². The predicted octanol–water partition coefficient (Wildman–Crippen LogP) is 6.90. The summed E-state index contributed by atoms with van der Waals surface area (Å²) in [4.78, 5) is 0. The van der Waals surface area contributed by atoms with Gasteiger partial charge in [0.1, 0.15) is 0 Å². The quantitative estimate of drug-likeness (QED) is 0.192. The molecular weight excluding hydrogens is 319 g/mol. The Labute approximate surface area is 123 Å². The zero-order valence-electron chi connectivity index (χ0n) is 12.1. The first kappa shape index (κ1) is 17.7. The fourth-order valence-electron chi connectivity index (χ4n) is 2.23. The second-order valence-corrected chi connectivity index (χ2v) is 7.09. The van der Waals surface area contributed by atoms with Crippen LogP contribution in [0.25, 0.3) is 0 Å². The lowest BCUT2D eigenvalue weighted by Gasteiger charge is -2.06. The summed E-state index contributed by atoms with van der Waals surface area (Å²) in [6.45, 7) is 4.59. The van der Waals surface area contributed by atoms with Gasteiger partial charge in [-0.1, -0.05) is 107 Å². The van der Waals surface area contributed by atoms with Crippen LogP contribution in [0.2, 0.25) is 0 Å². The van der Waals surface area contributed by atoms with Crippen LogP contribution in [-0.2, 0) is 0 Å². The van der Waals surface area contributed by atoms with E-state index in [2.05, 4.69) is 36.4 Å². The molecule has 0 radical (unpaired) electrons. The molecule has 0 saturated carbocycles. The van der Waals surface area contributed by atoms with Gasteiger partial charge in [0.15, 0.2) is 0 Å². The van der Waals surface area contributed by atoms with Crippen molar-refractivity contribution >= 4 is 22.6 Å². The average molecular weight is 352 g/mol. The molecule has 0 aliphatic rings. The van der Waals surface area contributed by atoms with Gasteiger partial charge in [0.25, 0.3) is 0 Å². The van der Waals surface area contributed by atoms with Crippen molar-refractivity contribution in [2.75, 3.05) is 0 Å². The first-order valence-electron chi connectivity index (χ1n) is 7.95. The van der Waals surface area contributed by atoms with Gasteiger partial charge in [0.2, 0.25) is 0 Å². The van der Waals surface area contributed by atoms with Gasteiger partial charge in [-0.15, -0.1) is 0 Å². The maximum Gasteiger partial charge on any atom is 0.0107 e. The molecule has 17 heavy (non-hydrogen) atoms. The second-order valence-electron chi connectivity index (χ2n) is 5.33. The zero-order chi connectivity index (χ0) is 12.8. The van der Waals surface area contributed by atoms with Crippen LogP contribution >= 0.6 is 22.6 Å². The van der Waals surface area contributed by atoms with Gasteiger partial charge < -0.3 is 0 Å². The summed E-state index contributed by atoms with van der Waals surface area (Å²) in [7, 11) is 0. The van der Waals surface area contributed by atoms with Crippen LogP contribution in [-0.4, -0.2) is 3.92 Å². The highest BCUT2D eigenvalue weighted by Gasteiger charge is 1.99. The van der Waals surface area contributed by atoms with E-state index in [1.54, 1.807) is 0 Å². The molecule has 1 atom stereocenters. The van der Waals surface area contributed by atoms with Crippen molar-refractivity contribution in [1.29, 1.82) is 0 Å². The first-order chi connectivity index (χ1) is 8.31. The fourth-order valence-corrected chi connectivity index (χ4v) is 2.67. The highest BCUT2D eigenvalue weighted by molar-refractivity contribution is 14.1. The summed E-state index contributed by atoms with van der Waals surface area (Å²) in [5.41, 5.74) is 0. The van der Waals surface area contributed by atoms with E-state index in [1.165, 1.54) is 83.5 Å². The molecule has 0 aliphatic carbocycles. The Bertz CT molecular complexity index is 133. The molecule has 0 rings (SSSR count). The molecule has 0 aromatic rings. The molecule has 104 valence electrons. The molecule has 1 unspecified atom stereocenters. The Balaban J connectivity index is 2.94. The molecule has 0 fully saturated rings. The SMILES string of the molecule is CCCCCCCCCCCCCC(I)CC. The second kappa shape index (κ2) is 14.8. The van der Waals surface area contributed by atoms with Crippen molar-refractivity contribution in [3.05, 3.63) is 0 Å². The Morgan fingerprint density at radius 3 is 1.47 bits per heavy atom. The molecule has 0 saturated heterocycles. The monoisotopic (exact) mass is 352 g/mol. The summed E-state index contributed by atoms with van der Waals surface area (Å²) < 4.78 is 0.922. The molecule has 0 bridgehead atoms. The molecule has 0 nitrogen and oxygen atoms in total. The van der Waals surface area contributed by atoms with Gasteiger partial charge in [0.05, 0.1) is 0 Å². The Morgan fingerprint density at radius 2 is 1.06 bits per heavy atom. The number of hydrogen-bond donors (Lipinski definition) is 0. The van der Waals surface area contributed by atoms with Crippen molar-refractivity contribution in [3.63, 3.8) is 0 Å². The molecule has 1 heteroatoms. The lowest BCUT2D eigenvalue weighted by molar-refractivity contribution is 0.542. The normalized spacial score (nSPS) is 12.9. The van der Waals surface area contributed by atoms with E-state index < -0.39 is 0 Å². The standard InChI is InChI=1S/C16H33I/c1-3-5-6-7-8-9-10-11-12-13-14-15-16(17)4-2/h16H,3-15H2,1-2H3. The Kier molecular flexibility index (Phi) is 15.4. The molecule has 0 heterocycles. The van der Waals surface area contributed by atoms with Crippen molar-refractivity contribution in [2.24, 2.45) is 0 Å². The van der Waals surface area contributed by atoms with Crippen LogP contribution in [0.5, 0.6) is 0 Å². The average Bonchev–Trinajstić information content (AvgIpc) is 2.35. The smallest absolute Gasteiger partial charge is 0.0107 e. The van der Waals surface area contributed by atoms with Crippen LogP contribution in [0.3, 0.4) is 0 Å². The molecular formula is C16H33I. The van der Waals surface area contributed by atoms with Crippen LogP contribution in [0.1, 0.15) is 97.3 Å². The van der Waals surface area contributed by atoms with Gasteiger partial charge >= 0.3 is 0 Å². The highest BCUT2D eigenvalue weighted by atomic mass is 127. The van der Waals surface area contributed by atoms with Gasteiger partial charge in [-0.05, 0) is 12.8 Å². The number of rotatable bonds is 13. The van der Waals surface area contributed by atoms with Gasteiger partial charge in [-0.3, -0.25) is 0 Å². The summed E-state index contributed by atoms with van der Waals surface area (Å²) in [5, 5.41) is 0. The largest absolute Gasteiger partial charge is 0.0826 e. The fraction of sp³-hybridized carbons (Fsp3) is 1.00. The number of unbranched alkanes of at least 4 members (excludes halogenated alkanes) is 10. The minimum atomic E-state index is 0.922. The Morgan fingerprint density at radius 1 is 0.647 bits per heavy atom. The van der Waals surface area contributed by atoms with Crippen molar-refractivity contribution < 1.29 is 0 Å². The van der Waals surface area contributed by atoms with Crippen LogP contribution in [0.15, 0.2) is 0 Å². The first-order valence-corrected chi connectivity index (χ1v) is 9.19. The number of alkyl halides is 1. The molecule has 0 aromatic carbocycles. The maximum atomic E-state index is 2.60. The van der Waals surface area contributed by atoms with E-state index in [4.69, 9.17) is 0 Å². The Hall–Kier alpha value is 0.730. The maximum absolute atomic E-state index is 2.60. The summed E-state index contributed by atoms with van der Waals surface area (Å²) >= 11 is 2.60. The number of halogens is 1. The minimum Gasteiger partial charge on any atom is -0.0826 e. The minimum absolute atomic E-state index is 0.922. The molecule has 0 aliphatic heterocycles. The van der Waals surface area contributed by atoms with Gasteiger partial charge in [-0.25, -0.2) is 0 Å². The summed E-state index contributed by atoms with van der Waals surface area (Å²) in [6, 6.07) is 0. The molecule has 0 aromatic heterocycles. The van der Waals surface area contributed by atoms with Gasteiger partial charge in [-0.2, -0.15) is 0 Å². The highest BCUT2D eigenvalue weighted by Crippen LogP contribution is 2.16. The van der Waals surface area contributed by atoms with Crippen molar-refractivity contribution in [2.45, 2.75) is 101 Å². The molecule has 0 amide bonds. The third-order valence-electron chi connectivity index (χ3n) is 3.56. The zero-order valence-corrected chi connectivity index (χ0v) is 14.3. The topological polar surface area (TPSA) is 0 Å². The molecule has 0 spiro atoms. The van der Waals surface area contributed by atoms with Crippen LogP contribution in [0.4, 0.5) is 0 Å². The van der Waals surface area contributed by atoms with E-state index in [9.17, 15) is 0 Å². The number of hydrogen-bond acceptors (Lipinski definition) is 0.